The van der Waals surface area contributed by atoms with Crippen LogP contribution in [0.15, 0.2) is 0 Å². The summed E-state index contributed by atoms with van der Waals surface area (Å²) in [7, 11) is 1.92. The van der Waals surface area contributed by atoms with Crippen molar-refractivity contribution in [3.63, 3.8) is 0 Å². The van der Waals surface area contributed by atoms with E-state index in [4.69, 9.17) is 4.74 Å². The van der Waals surface area contributed by atoms with Crippen LogP contribution in [0.3, 0.4) is 0 Å². The molecule has 4 N–H and O–H groups in total. The number of hydrogen-bond donors (Lipinski definition) is 4. The lowest BCUT2D eigenvalue weighted by atomic mass is 9.45. The lowest BCUT2D eigenvalue weighted by Crippen LogP contribution is -2.59. The molecule has 0 unspecified atom stereocenters. The van der Waals surface area contributed by atoms with Gasteiger partial charge in [-0.25, -0.2) is 0 Å². The van der Waals surface area contributed by atoms with Crippen molar-refractivity contribution in [3.8, 4) is 0 Å². The normalized spacial score (nSPS) is 52.2. The maximum atomic E-state index is 11.7. The van der Waals surface area contributed by atoms with Crippen LogP contribution in [0.5, 0.6) is 0 Å². The Kier molecular flexibility index (Phi) is 5.50. The van der Waals surface area contributed by atoms with E-state index in [0.29, 0.717) is 28.8 Å². The number of rotatable bonds is 6. The Morgan fingerprint density at radius 3 is 2.24 bits per heavy atom. The van der Waals surface area contributed by atoms with Crippen LogP contribution < -0.4 is 0 Å². The number of methoxy groups -OCH3 is 1. The quantitative estimate of drug-likeness (QED) is 0.479. The van der Waals surface area contributed by atoms with Crippen LogP contribution in [0.1, 0.15) is 92.4 Å². The van der Waals surface area contributed by atoms with Crippen molar-refractivity contribution in [1.82, 2.24) is 0 Å². The SMILES string of the molecule is CO[C@@H]1C[C@H]2[C@@H]3CC[C@H]([C@](C)(O)[C@@H](O)C[C@@H](O)C(C)(C)O)[C@@]3(C)CC[C@@H]2[C@@]2(C)CC[C@@H]3C[C@]312. The number of ether oxygens (including phenoxy) is 1. The molecule has 1 spiro atoms. The smallest absolute Gasteiger partial charge is 0.0911 e. The summed E-state index contributed by atoms with van der Waals surface area (Å²) in [6.07, 6.45) is 7.76. The predicted molar refractivity (Wildman–Crippen MR) is 127 cm³/mol. The van der Waals surface area contributed by atoms with Gasteiger partial charge in [-0.1, -0.05) is 13.8 Å². The van der Waals surface area contributed by atoms with Crippen LogP contribution in [0, 0.1) is 45.8 Å². The first-order chi connectivity index (χ1) is 15.2. The zero-order valence-electron chi connectivity index (χ0n) is 21.7. The number of aliphatic hydroxyl groups excluding tert-OH is 2. The van der Waals surface area contributed by atoms with Crippen LogP contribution in [-0.4, -0.2) is 57.0 Å². The molecule has 190 valence electrons. The first-order valence-corrected chi connectivity index (χ1v) is 13.6. The summed E-state index contributed by atoms with van der Waals surface area (Å²) in [5.41, 5.74) is -1.81. The molecule has 0 saturated heterocycles. The summed E-state index contributed by atoms with van der Waals surface area (Å²) in [6.45, 7) is 9.80. The Balaban J connectivity index is 1.39. The minimum absolute atomic E-state index is 0.0121. The summed E-state index contributed by atoms with van der Waals surface area (Å²) >= 11 is 0. The van der Waals surface area contributed by atoms with Gasteiger partial charge in [0.15, 0.2) is 0 Å². The molecule has 5 saturated carbocycles. The van der Waals surface area contributed by atoms with E-state index in [1.807, 2.05) is 7.11 Å². The molecule has 5 heteroatoms. The molecule has 5 aliphatic rings. The minimum atomic E-state index is -1.30. The standard InChI is InChI=1S/C28H48O5/c1-24(2,31)21(29)14-22(30)27(5,32)20-8-7-18-17-13-23(33-6)28-15-16(28)9-12-26(28,4)19(17)10-11-25(18,20)3/h16-23,29-32H,7-15H2,1-6H3/t16-,17+,18+,19+,20+,21-,22+,23-,25+,26-,27+,28+/m1/s1. The zero-order valence-corrected chi connectivity index (χ0v) is 21.7. The van der Waals surface area contributed by atoms with Crippen LogP contribution >= 0.6 is 0 Å². The molecular weight excluding hydrogens is 416 g/mol. The van der Waals surface area contributed by atoms with Gasteiger partial charge in [0.2, 0.25) is 0 Å². The number of hydrogen-bond acceptors (Lipinski definition) is 5. The summed E-state index contributed by atoms with van der Waals surface area (Å²) < 4.78 is 6.21. The number of fused-ring (bicyclic) bond motifs is 4. The van der Waals surface area contributed by atoms with Crippen LogP contribution in [0.2, 0.25) is 0 Å². The fourth-order valence-corrected chi connectivity index (χ4v) is 10.5. The third kappa shape index (κ3) is 3.14. The Morgan fingerprint density at radius 1 is 0.939 bits per heavy atom. The van der Waals surface area contributed by atoms with Gasteiger partial charge in [-0.15, -0.1) is 0 Å². The largest absolute Gasteiger partial charge is 0.390 e. The maximum absolute atomic E-state index is 11.7. The van der Waals surface area contributed by atoms with E-state index in [1.165, 1.54) is 25.7 Å². The van der Waals surface area contributed by atoms with Crippen molar-refractivity contribution in [2.45, 2.75) is 122 Å². The first-order valence-electron chi connectivity index (χ1n) is 13.6. The van der Waals surface area contributed by atoms with E-state index in [0.717, 1.165) is 37.5 Å². The Morgan fingerprint density at radius 2 is 1.64 bits per heavy atom. The maximum Gasteiger partial charge on any atom is 0.0911 e. The molecule has 5 rings (SSSR count). The van der Waals surface area contributed by atoms with Gasteiger partial charge in [0.25, 0.3) is 0 Å². The molecule has 5 fully saturated rings. The molecule has 0 aromatic rings. The molecule has 5 aliphatic carbocycles. The van der Waals surface area contributed by atoms with Crippen LogP contribution in [-0.2, 0) is 4.74 Å². The van der Waals surface area contributed by atoms with Crippen molar-refractivity contribution in [1.29, 1.82) is 0 Å². The molecule has 5 nitrogen and oxygen atoms in total. The van der Waals surface area contributed by atoms with Gasteiger partial charge in [-0.3, -0.25) is 0 Å². The van der Waals surface area contributed by atoms with Crippen LogP contribution in [0.25, 0.3) is 0 Å². The van der Waals surface area contributed by atoms with E-state index < -0.39 is 23.4 Å². The molecular formula is C28H48O5. The lowest BCUT2D eigenvalue weighted by Gasteiger charge is -2.61. The molecule has 0 aromatic heterocycles. The lowest BCUT2D eigenvalue weighted by molar-refractivity contribution is -0.186. The summed E-state index contributed by atoms with van der Waals surface area (Å²) in [6, 6.07) is 0. The van der Waals surface area contributed by atoms with E-state index in [-0.39, 0.29) is 17.8 Å². The molecule has 0 heterocycles. The fraction of sp³-hybridized carbons (Fsp3) is 1.00. The third-order valence-corrected chi connectivity index (χ3v) is 12.5. The third-order valence-electron chi connectivity index (χ3n) is 12.5. The van der Waals surface area contributed by atoms with Gasteiger partial charge in [0, 0.05) is 18.9 Å². The molecule has 0 aliphatic heterocycles. The number of aliphatic hydroxyl groups is 4. The Bertz CT molecular complexity index is 775. The van der Waals surface area contributed by atoms with E-state index >= 15 is 0 Å². The molecule has 0 radical (unpaired) electrons. The fourth-order valence-electron chi connectivity index (χ4n) is 10.5. The van der Waals surface area contributed by atoms with Gasteiger partial charge in [-0.05, 0) is 113 Å². The van der Waals surface area contributed by atoms with E-state index in [9.17, 15) is 20.4 Å². The van der Waals surface area contributed by atoms with Crippen LogP contribution in [0.4, 0.5) is 0 Å². The van der Waals surface area contributed by atoms with Gasteiger partial charge < -0.3 is 25.2 Å². The second-order valence-electron chi connectivity index (χ2n) is 14.1. The van der Waals surface area contributed by atoms with Crippen molar-refractivity contribution in [2.75, 3.05) is 7.11 Å². The Hall–Kier alpha value is -0.200. The highest BCUT2D eigenvalue weighted by atomic mass is 16.5. The summed E-state index contributed by atoms with van der Waals surface area (Å²) in [5, 5.41) is 43.3. The molecule has 33 heavy (non-hydrogen) atoms. The van der Waals surface area contributed by atoms with Gasteiger partial charge in [0.1, 0.15) is 0 Å². The topological polar surface area (TPSA) is 90.2 Å². The molecule has 0 aromatic carbocycles. The van der Waals surface area contributed by atoms with Gasteiger partial charge in [-0.2, -0.15) is 0 Å². The average Bonchev–Trinajstić information content (AvgIpc) is 3.22. The second-order valence-corrected chi connectivity index (χ2v) is 14.1. The van der Waals surface area contributed by atoms with E-state index in [1.54, 1.807) is 20.8 Å². The highest BCUT2D eigenvalue weighted by molar-refractivity contribution is 5.26. The monoisotopic (exact) mass is 464 g/mol. The summed E-state index contributed by atoms with van der Waals surface area (Å²) in [4.78, 5) is 0. The van der Waals surface area contributed by atoms with Crippen molar-refractivity contribution < 1.29 is 25.2 Å². The molecule has 0 bridgehead atoms. The van der Waals surface area contributed by atoms with Crippen molar-refractivity contribution in [3.05, 3.63) is 0 Å². The van der Waals surface area contributed by atoms with Crippen molar-refractivity contribution in [2.24, 2.45) is 45.8 Å². The highest BCUT2D eigenvalue weighted by Crippen LogP contribution is 2.82. The van der Waals surface area contributed by atoms with E-state index in [2.05, 4.69) is 13.8 Å². The zero-order chi connectivity index (χ0) is 24.2. The first kappa shape index (κ1) is 24.5. The van der Waals surface area contributed by atoms with Crippen molar-refractivity contribution >= 4 is 0 Å². The Labute approximate surface area is 200 Å². The summed E-state index contributed by atoms with van der Waals surface area (Å²) in [5.74, 6) is 2.78. The molecule has 12 atom stereocenters. The second kappa shape index (κ2) is 7.41. The minimum Gasteiger partial charge on any atom is -0.390 e. The average molecular weight is 465 g/mol. The van der Waals surface area contributed by atoms with Gasteiger partial charge in [0.05, 0.1) is 29.5 Å². The molecule has 0 amide bonds. The highest BCUT2D eigenvalue weighted by Gasteiger charge is 2.77. The van der Waals surface area contributed by atoms with Gasteiger partial charge >= 0.3 is 0 Å². The predicted octanol–water partition coefficient (Wildman–Crippen LogP) is 3.90.